The van der Waals surface area contributed by atoms with Gasteiger partial charge in [0, 0.05) is 24.5 Å². The predicted molar refractivity (Wildman–Crippen MR) is 91.6 cm³/mol. The van der Waals surface area contributed by atoms with Crippen molar-refractivity contribution in [2.45, 2.75) is 6.54 Å². The molecule has 2 aromatic heterocycles. The lowest BCUT2D eigenvalue weighted by Gasteiger charge is -2.04. The lowest BCUT2D eigenvalue weighted by molar-refractivity contribution is 0.102. The summed E-state index contributed by atoms with van der Waals surface area (Å²) < 4.78 is 16.8. The number of benzene rings is 1. The van der Waals surface area contributed by atoms with Crippen LogP contribution in [0.15, 0.2) is 41.3 Å². The molecule has 1 amide bonds. The normalized spacial score (nSPS) is 10.8. The van der Waals surface area contributed by atoms with Gasteiger partial charge in [-0.15, -0.1) is 0 Å². The van der Waals surface area contributed by atoms with Gasteiger partial charge in [0.1, 0.15) is 5.82 Å². The first-order valence-electron chi connectivity index (χ1n) is 6.89. The maximum Gasteiger partial charge on any atom is 0.277 e. The molecule has 0 aliphatic carbocycles. The van der Waals surface area contributed by atoms with E-state index in [2.05, 4.69) is 31.4 Å². The first-order chi connectivity index (χ1) is 11.4. The van der Waals surface area contributed by atoms with Crippen LogP contribution in [0.2, 0.25) is 5.02 Å². The van der Waals surface area contributed by atoms with E-state index in [1.54, 1.807) is 34.9 Å². The second-order valence-corrected chi connectivity index (χ2v) is 6.38. The summed E-state index contributed by atoms with van der Waals surface area (Å²) in [4.78, 5) is 12.2. The number of anilines is 1. The van der Waals surface area contributed by atoms with Gasteiger partial charge in [-0.2, -0.15) is 10.2 Å². The highest BCUT2D eigenvalue weighted by Gasteiger charge is 2.15. The number of carbonyl (C=O) groups excluding carboxylic acids is 1. The number of nitrogens with one attached hydrogen (secondary N) is 1. The van der Waals surface area contributed by atoms with E-state index < -0.39 is 5.82 Å². The van der Waals surface area contributed by atoms with Gasteiger partial charge in [-0.1, -0.05) is 17.7 Å². The number of carbonyl (C=O) groups is 1. The molecule has 1 aromatic carbocycles. The number of hydrogen-bond acceptors (Lipinski definition) is 3. The molecule has 3 aromatic rings. The van der Waals surface area contributed by atoms with Crippen molar-refractivity contribution < 1.29 is 9.18 Å². The molecular formula is C15H12BrClFN5O. The Hall–Kier alpha value is -2.19. The number of amides is 1. The van der Waals surface area contributed by atoms with Crippen LogP contribution in [0.25, 0.3) is 0 Å². The van der Waals surface area contributed by atoms with Gasteiger partial charge in [0.2, 0.25) is 0 Å². The Labute approximate surface area is 150 Å². The van der Waals surface area contributed by atoms with E-state index in [0.717, 1.165) is 5.56 Å². The summed E-state index contributed by atoms with van der Waals surface area (Å²) in [7, 11) is 1.73. The molecule has 6 nitrogen and oxygen atoms in total. The van der Waals surface area contributed by atoms with E-state index in [0.29, 0.717) is 21.7 Å². The molecule has 1 N–H and O–H groups in total. The van der Waals surface area contributed by atoms with Gasteiger partial charge in [-0.05, 0) is 33.6 Å². The Morgan fingerprint density at radius 3 is 2.88 bits per heavy atom. The SMILES string of the molecule is Cn1cc(Br)c(C(=O)Nc2cnn(Cc3ccc(F)cc3Cl)c2)n1. The quantitative estimate of drug-likeness (QED) is 0.713. The van der Waals surface area contributed by atoms with E-state index in [1.165, 1.54) is 18.3 Å². The molecule has 9 heteroatoms. The molecule has 2 heterocycles. The minimum Gasteiger partial charge on any atom is -0.318 e. The first-order valence-corrected chi connectivity index (χ1v) is 8.06. The van der Waals surface area contributed by atoms with Crippen molar-refractivity contribution in [3.8, 4) is 0 Å². The number of aryl methyl sites for hydroxylation is 1. The van der Waals surface area contributed by atoms with Crippen LogP contribution in [-0.4, -0.2) is 25.5 Å². The third-order valence-corrected chi connectivity index (χ3v) is 4.17. The Morgan fingerprint density at radius 2 is 2.21 bits per heavy atom. The minimum atomic E-state index is -0.391. The molecule has 0 fully saturated rings. The smallest absolute Gasteiger partial charge is 0.277 e. The third-order valence-electron chi connectivity index (χ3n) is 3.24. The van der Waals surface area contributed by atoms with E-state index in [-0.39, 0.29) is 11.6 Å². The number of rotatable bonds is 4. The Bertz CT molecular complexity index is 907. The van der Waals surface area contributed by atoms with Crippen LogP contribution in [0, 0.1) is 5.82 Å². The molecule has 3 rings (SSSR count). The average molecular weight is 413 g/mol. The van der Waals surface area contributed by atoms with Crippen molar-refractivity contribution in [1.82, 2.24) is 19.6 Å². The van der Waals surface area contributed by atoms with Crippen LogP contribution in [0.1, 0.15) is 16.1 Å². The molecule has 0 radical (unpaired) electrons. The van der Waals surface area contributed by atoms with Crippen molar-refractivity contribution in [2.24, 2.45) is 7.05 Å². The summed E-state index contributed by atoms with van der Waals surface area (Å²) in [5.41, 5.74) is 1.54. The topological polar surface area (TPSA) is 64.7 Å². The summed E-state index contributed by atoms with van der Waals surface area (Å²) in [6.07, 6.45) is 4.87. The second-order valence-electron chi connectivity index (χ2n) is 5.12. The van der Waals surface area contributed by atoms with Crippen LogP contribution in [0.4, 0.5) is 10.1 Å². The third kappa shape index (κ3) is 3.65. The fourth-order valence-electron chi connectivity index (χ4n) is 2.14. The number of hydrogen-bond donors (Lipinski definition) is 1. The molecule has 0 spiro atoms. The van der Waals surface area contributed by atoms with Gasteiger partial charge >= 0.3 is 0 Å². The van der Waals surface area contributed by atoms with Crippen molar-refractivity contribution in [3.63, 3.8) is 0 Å². The summed E-state index contributed by atoms with van der Waals surface area (Å²) in [5.74, 6) is -0.736. The molecule has 0 atom stereocenters. The standard InChI is InChI=1S/C15H12BrClFN5O/c1-22-8-12(16)14(21-22)15(24)20-11-5-19-23(7-11)6-9-2-3-10(18)4-13(9)17/h2-5,7-8H,6H2,1H3,(H,20,24). The first kappa shape index (κ1) is 16.7. The second kappa shape index (κ2) is 6.74. The molecule has 0 bridgehead atoms. The zero-order valence-corrected chi connectivity index (χ0v) is 14.8. The highest BCUT2D eigenvalue weighted by molar-refractivity contribution is 9.10. The van der Waals surface area contributed by atoms with Crippen molar-refractivity contribution in [1.29, 1.82) is 0 Å². The molecule has 0 saturated heterocycles. The van der Waals surface area contributed by atoms with Gasteiger partial charge in [0.25, 0.3) is 5.91 Å². The van der Waals surface area contributed by atoms with E-state index in [4.69, 9.17) is 11.6 Å². The molecular weight excluding hydrogens is 401 g/mol. The molecule has 0 aliphatic rings. The summed E-state index contributed by atoms with van der Waals surface area (Å²) >= 11 is 9.29. The monoisotopic (exact) mass is 411 g/mol. The summed E-state index contributed by atoms with van der Waals surface area (Å²) in [6.45, 7) is 0.363. The highest BCUT2D eigenvalue weighted by Crippen LogP contribution is 2.19. The Balaban J connectivity index is 1.71. The van der Waals surface area contributed by atoms with Gasteiger partial charge in [-0.3, -0.25) is 14.2 Å². The van der Waals surface area contributed by atoms with Gasteiger partial charge < -0.3 is 5.32 Å². The largest absolute Gasteiger partial charge is 0.318 e. The maximum absolute atomic E-state index is 13.1. The van der Waals surface area contributed by atoms with Crippen LogP contribution in [0.5, 0.6) is 0 Å². The van der Waals surface area contributed by atoms with E-state index in [9.17, 15) is 9.18 Å². The maximum atomic E-state index is 13.1. The summed E-state index contributed by atoms with van der Waals surface area (Å²) in [6, 6.07) is 4.19. The lowest BCUT2D eigenvalue weighted by atomic mass is 10.2. The van der Waals surface area contributed by atoms with Gasteiger partial charge in [-0.25, -0.2) is 4.39 Å². The zero-order chi connectivity index (χ0) is 17.3. The molecule has 0 unspecified atom stereocenters. The fourth-order valence-corrected chi connectivity index (χ4v) is 2.93. The van der Waals surface area contributed by atoms with Crippen LogP contribution < -0.4 is 5.32 Å². The molecule has 24 heavy (non-hydrogen) atoms. The fraction of sp³-hybridized carbons (Fsp3) is 0.133. The Kier molecular flexibility index (Phi) is 4.68. The molecule has 0 aliphatic heterocycles. The minimum absolute atomic E-state index is 0.284. The molecule has 124 valence electrons. The zero-order valence-electron chi connectivity index (χ0n) is 12.5. The number of nitrogens with zero attached hydrogens (tertiary/aromatic N) is 4. The number of halogens is 3. The van der Waals surface area contributed by atoms with Gasteiger partial charge in [0.05, 0.1) is 22.9 Å². The van der Waals surface area contributed by atoms with Crippen LogP contribution in [0.3, 0.4) is 0 Å². The van der Waals surface area contributed by atoms with Crippen LogP contribution in [-0.2, 0) is 13.6 Å². The van der Waals surface area contributed by atoms with Gasteiger partial charge in [0.15, 0.2) is 5.69 Å². The number of aromatic nitrogens is 4. The summed E-state index contributed by atoms with van der Waals surface area (Å²) in [5, 5.41) is 11.3. The average Bonchev–Trinajstić information content (AvgIpc) is 3.08. The highest BCUT2D eigenvalue weighted by atomic mass is 79.9. The molecule has 0 saturated carbocycles. The predicted octanol–water partition coefficient (Wildman–Crippen LogP) is 3.47. The Morgan fingerprint density at radius 1 is 1.42 bits per heavy atom. The van der Waals surface area contributed by atoms with E-state index in [1.807, 2.05) is 0 Å². The van der Waals surface area contributed by atoms with E-state index >= 15 is 0 Å². The van der Waals surface area contributed by atoms with Crippen LogP contribution >= 0.6 is 27.5 Å². The van der Waals surface area contributed by atoms with Crippen molar-refractivity contribution >= 4 is 39.1 Å². The lowest BCUT2D eigenvalue weighted by Crippen LogP contribution is -2.13. The van der Waals surface area contributed by atoms with Crippen molar-refractivity contribution in [3.05, 3.63) is 63.4 Å². The van der Waals surface area contributed by atoms with Crippen molar-refractivity contribution in [2.75, 3.05) is 5.32 Å².